The maximum absolute atomic E-state index is 14.3. The van der Waals surface area contributed by atoms with E-state index in [2.05, 4.69) is 10.6 Å². The monoisotopic (exact) mass is 1040 g/mol. The number of hydrogen-bond acceptors (Lipinski definition) is 15. The van der Waals surface area contributed by atoms with Crippen molar-refractivity contribution in [2.24, 2.45) is 5.92 Å². The highest BCUT2D eigenvalue weighted by atomic mass is 35.5. The predicted octanol–water partition coefficient (Wildman–Crippen LogP) is 7.17. The number of fused-ring (bicyclic) bond motifs is 6. The van der Waals surface area contributed by atoms with E-state index in [0.717, 1.165) is 39.5 Å². The Morgan fingerprint density at radius 2 is 1.77 bits per heavy atom. The highest BCUT2D eigenvalue weighted by Gasteiger charge is 2.64. The first kappa shape index (κ1) is 55.4. The van der Waals surface area contributed by atoms with Gasteiger partial charge < -0.3 is 43.9 Å². The fraction of sp³-hybridized carbons (Fsp3) is 0.549. The summed E-state index contributed by atoms with van der Waals surface area (Å²) in [5.41, 5.74) is 2.75. The van der Waals surface area contributed by atoms with Crippen molar-refractivity contribution in [2.45, 2.75) is 126 Å². The Bertz CT molecular complexity index is 2530. The Morgan fingerprint density at radius 3 is 2.45 bits per heavy atom. The third-order valence-corrected chi connectivity index (χ3v) is 15.0. The minimum Gasteiger partial charge on any atom is -0.495 e. The summed E-state index contributed by atoms with van der Waals surface area (Å²) in [5, 5.41) is 17.5. The van der Waals surface area contributed by atoms with Crippen molar-refractivity contribution in [3.05, 3.63) is 81.7 Å². The van der Waals surface area contributed by atoms with Gasteiger partial charge >= 0.3 is 12.1 Å². The zero-order chi connectivity index (χ0) is 51.8. The molecule has 4 heterocycles. The molecular formula is C51H67ClN6O11S2. The number of halogens is 1. The van der Waals surface area contributed by atoms with E-state index < -0.39 is 65.7 Å². The number of esters is 1. The summed E-state index contributed by atoms with van der Waals surface area (Å²) in [6.07, 6.45) is 6.69. The van der Waals surface area contributed by atoms with E-state index in [1.807, 2.05) is 31.6 Å². The molecule has 4 amide bonds. The minimum atomic E-state index is -1.85. The average molecular weight is 1040 g/mol. The molecule has 8 atom stereocenters. The predicted molar refractivity (Wildman–Crippen MR) is 276 cm³/mol. The van der Waals surface area contributed by atoms with E-state index in [1.54, 1.807) is 87.8 Å². The van der Waals surface area contributed by atoms with E-state index in [0.29, 0.717) is 54.7 Å². The van der Waals surface area contributed by atoms with Crippen LogP contribution in [0.25, 0.3) is 11.0 Å². The number of aromatic nitrogens is 2. The standard InChI is InChI=1S/C51H67ClN6O11S2/c1-29-15-14-16-41(66-8)51(64)26-40(67-49(63)56-51)30(2)46-50(4,69-46)42(25-44(60)58(6)38-22-32(21-29)23-39(65-7)45(38)52)68-48(62)31(3)57(5)43(59)17-12-11-13-20-53-47(61)33-18-19-34-35(24-33)55-37(28-71-10)36(54-34)27-70-9/h14-16,18-19,22-24,30-31,40-42,46,64H,11-13,17,20-21,25-28H2,1-10H3,(H,53,61)(H,56,63)/b16-14+,29-15+/t30-,31-,40+,41-,42+,46?,50+,51+/m1/s1. The molecule has 1 unspecified atom stereocenters. The lowest BCUT2D eigenvalue weighted by molar-refractivity contribution is -0.162. The van der Waals surface area contributed by atoms with Crippen LogP contribution in [0.15, 0.2) is 54.1 Å². The largest absolute Gasteiger partial charge is 0.495 e. The molecule has 0 radical (unpaired) electrons. The van der Waals surface area contributed by atoms with Crippen LogP contribution in [-0.4, -0.2) is 139 Å². The number of alkyl carbamates (subject to hydrolysis) is 1. The van der Waals surface area contributed by atoms with Crippen LogP contribution in [0.2, 0.25) is 5.02 Å². The number of benzene rings is 2. The highest BCUT2D eigenvalue weighted by molar-refractivity contribution is 7.98. The number of rotatable bonds is 16. The Kier molecular flexibility index (Phi) is 18.9. The molecule has 3 N–H and O–H groups in total. The first-order valence-electron chi connectivity index (χ1n) is 23.7. The smallest absolute Gasteiger partial charge is 0.409 e. The van der Waals surface area contributed by atoms with E-state index in [-0.39, 0.29) is 36.1 Å². The van der Waals surface area contributed by atoms with Gasteiger partial charge in [-0.05, 0) is 88.4 Å². The summed E-state index contributed by atoms with van der Waals surface area (Å²) in [6, 6.07) is 7.87. The number of amides is 4. The number of allylic oxidation sites excluding steroid dienone is 3. The molecule has 2 aromatic carbocycles. The number of ether oxygens (including phenoxy) is 5. The molecule has 3 aromatic rings. The second-order valence-corrected chi connectivity index (χ2v) is 20.8. The van der Waals surface area contributed by atoms with Crippen LogP contribution in [0.4, 0.5) is 10.5 Å². The van der Waals surface area contributed by atoms with Gasteiger partial charge in [-0.1, -0.05) is 48.7 Å². The van der Waals surface area contributed by atoms with Gasteiger partial charge in [0, 0.05) is 63.6 Å². The van der Waals surface area contributed by atoms with Crippen LogP contribution in [0.3, 0.4) is 0 Å². The molecule has 17 nitrogen and oxygen atoms in total. The second kappa shape index (κ2) is 24.2. The highest BCUT2D eigenvalue weighted by Crippen LogP contribution is 2.49. The van der Waals surface area contributed by atoms with Crippen LogP contribution in [0.5, 0.6) is 5.75 Å². The van der Waals surface area contributed by atoms with Gasteiger partial charge in [0.1, 0.15) is 40.7 Å². The maximum Gasteiger partial charge on any atom is 0.409 e. The fourth-order valence-corrected chi connectivity index (χ4v) is 10.4. The number of nitrogens with one attached hydrogen (secondary N) is 2. The SMILES string of the molecule is COc1cc2cc(c1Cl)N(C)C(=O)C[C@H](OC(=O)[C@@H](C)N(C)C(=O)CCCCCNC(=O)c1ccc3nc(CSC)c(CSC)nc3c1)[C@]1(C)OC1[C@H](C)[C@@H]1C[C@@](O)(NC(=O)O1)[C@H](OC)/C=C/C=C(\C)C2. The van der Waals surface area contributed by atoms with Gasteiger partial charge in [0.2, 0.25) is 11.8 Å². The number of likely N-dealkylation sites (N-methyl/N-ethyl adjacent to an activating group) is 1. The van der Waals surface area contributed by atoms with E-state index in [1.165, 1.54) is 31.1 Å². The van der Waals surface area contributed by atoms with Gasteiger partial charge in [-0.2, -0.15) is 23.5 Å². The third-order valence-electron chi connectivity index (χ3n) is 13.5. The molecule has 4 bridgehead atoms. The minimum absolute atomic E-state index is 0.0731. The van der Waals surface area contributed by atoms with Gasteiger partial charge in [-0.3, -0.25) is 19.7 Å². The Labute approximate surface area is 429 Å². The molecule has 6 rings (SSSR count). The average Bonchev–Trinajstić information content (AvgIpc) is 4.04. The van der Waals surface area contributed by atoms with Crippen LogP contribution < -0.4 is 20.3 Å². The zero-order valence-corrected chi connectivity index (χ0v) is 44.6. The molecule has 3 aliphatic rings. The molecule has 2 fully saturated rings. The topological polar surface area (TPSA) is 211 Å². The number of methoxy groups -OCH3 is 2. The maximum atomic E-state index is 14.3. The molecule has 0 spiro atoms. The summed E-state index contributed by atoms with van der Waals surface area (Å²) >= 11 is 10.2. The lowest BCUT2D eigenvalue weighted by Gasteiger charge is -2.42. The molecule has 3 aliphatic heterocycles. The number of thioether (sulfide) groups is 2. The van der Waals surface area contributed by atoms with Gasteiger partial charge in [-0.25, -0.2) is 19.6 Å². The number of anilines is 1. The number of unbranched alkanes of at least 4 members (excludes halogenated alkanes) is 2. The number of carbonyl (C=O) groups is 5. The zero-order valence-electron chi connectivity index (χ0n) is 42.2. The molecule has 386 valence electrons. The lowest BCUT2D eigenvalue weighted by Crippen LogP contribution is -2.63. The third kappa shape index (κ3) is 13.2. The van der Waals surface area contributed by atoms with E-state index in [4.69, 9.17) is 45.3 Å². The Balaban J connectivity index is 1.11. The quantitative estimate of drug-likeness (QED) is 0.0737. The molecular weight excluding hydrogens is 972 g/mol. The van der Waals surface area contributed by atoms with Crippen LogP contribution in [0.1, 0.15) is 93.5 Å². The van der Waals surface area contributed by atoms with Crippen LogP contribution in [0, 0.1) is 5.92 Å². The summed E-state index contributed by atoms with van der Waals surface area (Å²) in [7, 11) is 6.01. The number of carbonyl (C=O) groups excluding carboxylic acids is 5. The first-order chi connectivity index (χ1) is 33.8. The van der Waals surface area contributed by atoms with Crippen molar-refractivity contribution in [1.82, 2.24) is 25.5 Å². The summed E-state index contributed by atoms with van der Waals surface area (Å²) in [6.45, 7) is 7.39. The van der Waals surface area contributed by atoms with Crippen molar-refractivity contribution in [1.29, 1.82) is 0 Å². The lowest BCUT2D eigenvalue weighted by atomic mass is 9.83. The number of aliphatic hydroxyl groups is 1. The molecule has 0 aliphatic carbocycles. The molecule has 2 saturated heterocycles. The van der Waals surface area contributed by atoms with Gasteiger partial charge in [-0.15, -0.1) is 0 Å². The van der Waals surface area contributed by atoms with Crippen molar-refractivity contribution < 1.29 is 52.8 Å². The van der Waals surface area contributed by atoms with Crippen LogP contribution >= 0.6 is 35.1 Å². The van der Waals surface area contributed by atoms with Gasteiger partial charge in [0.15, 0.2) is 5.72 Å². The fourth-order valence-electron chi connectivity index (χ4n) is 9.05. The van der Waals surface area contributed by atoms with Crippen LogP contribution in [-0.2, 0) is 51.3 Å². The molecule has 20 heteroatoms. The van der Waals surface area contributed by atoms with E-state index in [9.17, 15) is 29.1 Å². The number of hydrogen-bond donors (Lipinski definition) is 3. The van der Waals surface area contributed by atoms with Gasteiger partial charge in [0.05, 0.1) is 47.7 Å². The van der Waals surface area contributed by atoms with Crippen molar-refractivity contribution in [3.63, 3.8) is 0 Å². The summed E-state index contributed by atoms with van der Waals surface area (Å²) < 4.78 is 29.5. The van der Waals surface area contributed by atoms with Crippen molar-refractivity contribution in [3.8, 4) is 5.75 Å². The van der Waals surface area contributed by atoms with Crippen molar-refractivity contribution >= 4 is 81.6 Å². The molecule has 0 saturated carbocycles. The van der Waals surface area contributed by atoms with Crippen molar-refractivity contribution in [2.75, 3.05) is 52.3 Å². The number of nitrogens with zero attached hydrogens (tertiary/aromatic N) is 4. The second-order valence-electron chi connectivity index (χ2n) is 18.7. The Morgan fingerprint density at radius 1 is 1.07 bits per heavy atom. The molecule has 71 heavy (non-hydrogen) atoms. The normalized spacial score (nSPS) is 26.2. The number of epoxide rings is 1. The molecule has 1 aromatic heterocycles. The Hall–Kier alpha value is -4.92. The van der Waals surface area contributed by atoms with Gasteiger partial charge in [0.25, 0.3) is 5.91 Å². The summed E-state index contributed by atoms with van der Waals surface area (Å²) in [4.78, 5) is 80.3. The first-order valence-corrected chi connectivity index (χ1v) is 26.8. The summed E-state index contributed by atoms with van der Waals surface area (Å²) in [5.74, 6) is -0.425. The van der Waals surface area contributed by atoms with E-state index >= 15 is 0 Å².